The molecule has 3 rings (SSSR count). The number of hydrogen-bond donors (Lipinski definition) is 1. The minimum absolute atomic E-state index is 0.0164. The number of carbonyl (C=O) groups is 2. The third-order valence-corrected chi connectivity index (χ3v) is 4.45. The first-order valence-corrected chi connectivity index (χ1v) is 8.58. The highest BCUT2D eigenvalue weighted by molar-refractivity contribution is 5.98. The summed E-state index contributed by atoms with van der Waals surface area (Å²) >= 11 is 0. The Labute approximate surface area is 142 Å². The molecule has 0 atom stereocenters. The van der Waals surface area contributed by atoms with Crippen LogP contribution in [0.2, 0.25) is 0 Å². The number of aromatic nitrogens is 1. The monoisotopic (exact) mass is 332 g/mol. The quantitative estimate of drug-likeness (QED) is 0.844. The van der Waals surface area contributed by atoms with Gasteiger partial charge < -0.3 is 15.0 Å². The lowest BCUT2D eigenvalue weighted by Crippen LogP contribution is -2.41. The standard InChI is InChI=1S/C17H24N4O3/c22-16(19-5-8-20-9-11-24-12-10-20)15-13-14(3-4-18-15)17(23)21-6-1-2-7-21/h3-4,13H,1-2,5-12H2,(H,19,22). The van der Waals surface area contributed by atoms with Gasteiger partial charge in [-0.25, -0.2) is 0 Å². The molecular weight excluding hydrogens is 308 g/mol. The maximum Gasteiger partial charge on any atom is 0.269 e. The maximum atomic E-state index is 12.4. The second kappa shape index (κ2) is 8.21. The molecule has 1 N–H and O–H groups in total. The molecule has 0 bridgehead atoms. The lowest BCUT2D eigenvalue weighted by atomic mass is 10.2. The van der Waals surface area contributed by atoms with Crippen molar-refractivity contribution in [2.24, 2.45) is 0 Å². The van der Waals surface area contributed by atoms with Crippen molar-refractivity contribution < 1.29 is 14.3 Å². The van der Waals surface area contributed by atoms with Crippen LogP contribution >= 0.6 is 0 Å². The van der Waals surface area contributed by atoms with Gasteiger partial charge in [-0.15, -0.1) is 0 Å². The van der Waals surface area contributed by atoms with Crippen molar-refractivity contribution >= 4 is 11.8 Å². The highest BCUT2D eigenvalue weighted by atomic mass is 16.5. The number of amides is 2. The summed E-state index contributed by atoms with van der Waals surface area (Å²) in [5.41, 5.74) is 0.826. The van der Waals surface area contributed by atoms with Crippen molar-refractivity contribution in [1.82, 2.24) is 20.1 Å². The van der Waals surface area contributed by atoms with Gasteiger partial charge in [0.1, 0.15) is 5.69 Å². The maximum absolute atomic E-state index is 12.4. The van der Waals surface area contributed by atoms with Crippen LogP contribution in [0.15, 0.2) is 18.3 Å². The Bertz CT molecular complexity index is 581. The average molecular weight is 332 g/mol. The number of ether oxygens (including phenoxy) is 1. The van der Waals surface area contributed by atoms with Gasteiger partial charge >= 0.3 is 0 Å². The van der Waals surface area contributed by atoms with Gasteiger partial charge in [0.2, 0.25) is 0 Å². The SMILES string of the molecule is O=C(NCCN1CCOCC1)c1cc(C(=O)N2CCCC2)ccn1. The fraction of sp³-hybridized carbons (Fsp3) is 0.588. The summed E-state index contributed by atoms with van der Waals surface area (Å²) in [7, 11) is 0. The fourth-order valence-corrected chi connectivity index (χ4v) is 3.03. The van der Waals surface area contributed by atoms with Crippen LogP contribution in [0.25, 0.3) is 0 Å². The van der Waals surface area contributed by atoms with E-state index >= 15 is 0 Å². The lowest BCUT2D eigenvalue weighted by Gasteiger charge is -2.26. The molecule has 0 unspecified atom stereocenters. The van der Waals surface area contributed by atoms with E-state index in [1.165, 1.54) is 6.20 Å². The molecule has 0 aromatic carbocycles. The van der Waals surface area contributed by atoms with Gasteiger partial charge in [0, 0.05) is 51.0 Å². The van der Waals surface area contributed by atoms with Crippen molar-refractivity contribution in [3.63, 3.8) is 0 Å². The van der Waals surface area contributed by atoms with Gasteiger partial charge in [0.05, 0.1) is 13.2 Å². The Hall–Kier alpha value is -1.99. The normalized spacial score (nSPS) is 18.6. The molecule has 0 radical (unpaired) electrons. The Morgan fingerprint density at radius 2 is 1.92 bits per heavy atom. The highest BCUT2D eigenvalue weighted by Gasteiger charge is 2.20. The van der Waals surface area contributed by atoms with E-state index in [4.69, 9.17) is 4.74 Å². The summed E-state index contributed by atoms with van der Waals surface area (Å²) < 4.78 is 5.30. The van der Waals surface area contributed by atoms with Crippen LogP contribution in [0.1, 0.15) is 33.7 Å². The molecule has 7 heteroatoms. The second-order valence-electron chi connectivity index (χ2n) is 6.14. The van der Waals surface area contributed by atoms with Crippen molar-refractivity contribution in [2.45, 2.75) is 12.8 Å². The van der Waals surface area contributed by atoms with Gasteiger partial charge in [-0.05, 0) is 25.0 Å². The smallest absolute Gasteiger partial charge is 0.269 e. The summed E-state index contributed by atoms with van der Waals surface area (Å²) in [5.74, 6) is -0.253. The number of nitrogens with zero attached hydrogens (tertiary/aromatic N) is 3. The first-order chi connectivity index (χ1) is 11.7. The topological polar surface area (TPSA) is 74.8 Å². The molecule has 130 valence electrons. The van der Waals surface area contributed by atoms with Gasteiger partial charge in [-0.1, -0.05) is 0 Å². The van der Waals surface area contributed by atoms with Crippen molar-refractivity contribution in [3.05, 3.63) is 29.6 Å². The molecule has 24 heavy (non-hydrogen) atoms. The minimum atomic E-state index is -0.237. The van der Waals surface area contributed by atoms with Gasteiger partial charge in [-0.3, -0.25) is 19.5 Å². The molecule has 1 aromatic rings. The molecule has 2 aliphatic rings. The molecular formula is C17H24N4O3. The van der Waals surface area contributed by atoms with Crippen LogP contribution in [0.3, 0.4) is 0 Å². The van der Waals surface area contributed by atoms with Gasteiger partial charge in [0.15, 0.2) is 0 Å². The van der Waals surface area contributed by atoms with Crippen LogP contribution in [0, 0.1) is 0 Å². The second-order valence-corrected chi connectivity index (χ2v) is 6.14. The highest BCUT2D eigenvalue weighted by Crippen LogP contribution is 2.13. The van der Waals surface area contributed by atoms with E-state index in [1.807, 2.05) is 4.90 Å². The van der Waals surface area contributed by atoms with Crippen LogP contribution < -0.4 is 5.32 Å². The number of morpholine rings is 1. The molecule has 7 nitrogen and oxygen atoms in total. The van der Waals surface area contributed by atoms with E-state index in [-0.39, 0.29) is 11.8 Å². The number of hydrogen-bond acceptors (Lipinski definition) is 5. The van der Waals surface area contributed by atoms with E-state index < -0.39 is 0 Å². The van der Waals surface area contributed by atoms with Crippen molar-refractivity contribution in [2.75, 3.05) is 52.5 Å². The van der Waals surface area contributed by atoms with E-state index in [0.717, 1.165) is 58.8 Å². The Kier molecular flexibility index (Phi) is 5.77. The number of likely N-dealkylation sites (tertiary alicyclic amines) is 1. The Morgan fingerprint density at radius 1 is 1.17 bits per heavy atom. The first-order valence-electron chi connectivity index (χ1n) is 8.58. The molecule has 1 aromatic heterocycles. The minimum Gasteiger partial charge on any atom is -0.379 e. The Balaban J connectivity index is 1.52. The van der Waals surface area contributed by atoms with Gasteiger partial charge in [-0.2, -0.15) is 0 Å². The van der Waals surface area contributed by atoms with Crippen LogP contribution in [-0.4, -0.2) is 79.1 Å². The molecule has 0 aliphatic carbocycles. The van der Waals surface area contributed by atoms with E-state index in [9.17, 15) is 9.59 Å². The number of pyridine rings is 1. The number of nitrogens with one attached hydrogen (secondary N) is 1. The summed E-state index contributed by atoms with van der Waals surface area (Å²) in [5, 5.41) is 2.87. The predicted octanol–water partition coefficient (Wildman–Crippen LogP) is 0.380. The summed E-state index contributed by atoms with van der Waals surface area (Å²) in [6, 6.07) is 3.26. The molecule has 2 amide bonds. The number of carbonyl (C=O) groups excluding carboxylic acids is 2. The number of rotatable bonds is 5. The predicted molar refractivity (Wildman–Crippen MR) is 89.0 cm³/mol. The summed E-state index contributed by atoms with van der Waals surface area (Å²) in [6.45, 7) is 6.23. The fourth-order valence-electron chi connectivity index (χ4n) is 3.03. The average Bonchev–Trinajstić information content (AvgIpc) is 3.16. The molecule has 2 saturated heterocycles. The molecule has 0 saturated carbocycles. The molecule has 3 heterocycles. The van der Waals surface area contributed by atoms with Crippen LogP contribution in [0.5, 0.6) is 0 Å². The van der Waals surface area contributed by atoms with Crippen molar-refractivity contribution in [1.29, 1.82) is 0 Å². The molecule has 2 aliphatic heterocycles. The molecule has 2 fully saturated rings. The third kappa shape index (κ3) is 4.30. The largest absolute Gasteiger partial charge is 0.379 e. The lowest BCUT2D eigenvalue weighted by molar-refractivity contribution is 0.0383. The van der Waals surface area contributed by atoms with Crippen LogP contribution in [-0.2, 0) is 4.74 Å². The first kappa shape index (κ1) is 16.9. The summed E-state index contributed by atoms with van der Waals surface area (Å²) in [6.07, 6.45) is 3.62. The Morgan fingerprint density at radius 3 is 2.67 bits per heavy atom. The molecule has 0 spiro atoms. The summed E-state index contributed by atoms with van der Waals surface area (Å²) in [4.78, 5) is 32.8. The van der Waals surface area contributed by atoms with E-state index in [0.29, 0.717) is 17.8 Å². The zero-order valence-corrected chi connectivity index (χ0v) is 13.9. The van der Waals surface area contributed by atoms with E-state index in [1.54, 1.807) is 12.1 Å². The zero-order valence-electron chi connectivity index (χ0n) is 13.9. The third-order valence-electron chi connectivity index (χ3n) is 4.45. The van der Waals surface area contributed by atoms with E-state index in [2.05, 4.69) is 15.2 Å². The van der Waals surface area contributed by atoms with Crippen LogP contribution in [0.4, 0.5) is 0 Å². The zero-order chi connectivity index (χ0) is 16.8. The van der Waals surface area contributed by atoms with Crippen molar-refractivity contribution in [3.8, 4) is 0 Å². The van der Waals surface area contributed by atoms with Gasteiger partial charge in [0.25, 0.3) is 11.8 Å².